The molecule has 0 spiro atoms. The van der Waals surface area contributed by atoms with Crippen molar-refractivity contribution in [3.63, 3.8) is 0 Å². The van der Waals surface area contributed by atoms with Gasteiger partial charge < -0.3 is 19.3 Å². The molecule has 1 fully saturated rings. The first-order chi connectivity index (χ1) is 13.0. The van der Waals surface area contributed by atoms with Crippen molar-refractivity contribution in [2.45, 2.75) is 13.0 Å². The van der Waals surface area contributed by atoms with E-state index < -0.39 is 6.04 Å². The zero-order valence-corrected chi connectivity index (χ0v) is 16.2. The predicted octanol–water partition coefficient (Wildman–Crippen LogP) is 3.23. The highest BCUT2D eigenvalue weighted by atomic mass is 35.5. The summed E-state index contributed by atoms with van der Waals surface area (Å²) in [5.41, 5.74) is 1.02. The zero-order valence-electron chi connectivity index (χ0n) is 15.4. The molecular formula is C20H21ClN2O4. The maximum Gasteiger partial charge on any atom is 0.256 e. The molecule has 0 aliphatic carbocycles. The SMILES string of the molecule is COc1ccc(OC)c(N2CCN(C(=O)c3ccccc3Cl)[C@H](C)C2=O)c1. The number of anilines is 1. The minimum Gasteiger partial charge on any atom is -0.497 e. The highest BCUT2D eigenvalue weighted by Gasteiger charge is 2.36. The van der Waals surface area contributed by atoms with E-state index in [-0.39, 0.29) is 11.8 Å². The number of amides is 2. The molecule has 1 heterocycles. The molecule has 0 aromatic heterocycles. The van der Waals surface area contributed by atoms with Crippen LogP contribution in [-0.2, 0) is 4.79 Å². The van der Waals surface area contributed by atoms with Crippen LogP contribution in [0.4, 0.5) is 5.69 Å². The first-order valence-electron chi connectivity index (χ1n) is 8.56. The topological polar surface area (TPSA) is 59.1 Å². The Balaban J connectivity index is 1.87. The molecule has 0 unspecified atom stereocenters. The second-order valence-corrected chi connectivity index (χ2v) is 6.59. The average Bonchev–Trinajstić information content (AvgIpc) is 2.69. The van der Waals surface area contributed by atoms with Crippen molar-refractivity contribution in [3.8, 4) is 11.5 Å². The number of nitrogens with zero attached hydrogens (tertiary/aromatic N) is 2. The number of carbonyl (C=O) groups is 2. The first kappa shape index (κ1) is 19.0. The summed E-state index contributed by atoms with van der Waals surface area (Å²) in [7, 11) is 3.12. The number of carbonyl (C=O) groups excluding carboxylic acids is 2. The van der Waals surface area contributed by atoms with Gasteiger partial charge in [-0.1, -0.05) is 23.7 Å². The van der Waals surface area contributed by atoms with E-state index in [1.165, 1.54) is 0 Å². The van der Waals surface area contributed by atoms with Crippen LogP contribution in [0.3, 0.4) is 0 Å². The third-order valence-corrected chi connectivity index (χ3v) is 5.03. The highest BCUT2D eigenvalue weighted by molar-refractivity contribution is 6.33. The number of benzene rings is 2. The van der Waals surface area contributed by atoms with Gasteiger partial charge in [-0.2, -0.15) is 0 Å². The lowest BCUT2D eigenvalue weighted by atomic mass is 10.1. The van der Waals surface area contributed by atoms with Crippen LogP contribution in [0.2, 0.25) is 5.02 Å². The standard InChI is InChI=1S/C20H21ClN2O4/c1-13-19(24)23(17-12-14(26-2)8-9-18(17)27-3)11-10-22(13)20(25)15-6-4-5-7-16(15)21/h4-9,12-13H,10-11H2,1-3H3/t13-/m1/s1. The molecule has 2 amide bonds. The quantitative estimate of drug-likeness (QED) is 0.806. The van der Waals surface area contributed by atoms with Gasteiger partial charge in [0, 0.05) is 19.2 Å². The van der Waals surface area contributed by atoms with Crippen LogP contribution in [-0.4, -0.2) is 50.1 Å². The van der Waals surface area contributed by atoms with Crippen LogP contribution in [0.25, 0.3) is 0 Å². The van der Waals surface area contributed by atoms with Gasteiger partial charge in [0.2, 0.25) is 5.91 Å². The van der Waals surface area contributed by atoms with Crippen molar-refractivity contribution in [1.82, 2.24) is 4.90 Å². The molecule has 6 nitrogen and oxygen atoms in total. The Kier molecular flexibility index (Phi) is 5.56. The Hall–Kier alpha value is -2.73. The summed E-state index contributed by atoms with van der Waals surface area (Å²) in [6.07, 6.45) is 0. The second-order valence-electron chi connectivity index (χ2n) is 6.18. The van der Waals surface area contributed by atoms with Crippen LogP contribution < -0.4 is 14.4 Å². The fourth-order valence-corrected chi connectivity index (χ4v) is 3.40. The van der Waals surface area contributed by atoms with Gasteiger partial charge in [-0.05, 0) is 31.2 Å². The molecule has 1 atom stereocenters. The summed E-state index contributed by atoms with van der Waals surface area (Å²) in [5.74, 6) is 0.759. The summed E-state index contributed by atoms with van der Waals surface area (Å²) in [6.45, 7) is 2.45. The lowest BCUT2D eigenvalue weighted by molar-refractivity contribution is -0.124. The smallest absolute Gasteiger partial charge is 0.256 e. The largest absolute Gasteiger partial charge is 0.497 e. The zero-order chi connectivity index (χ0) is 19.6. The highest BCUT2D eigenvalue weighted by Crippen LogP contribution is 2.34. The molecule has 3 rings (SSSR count). The van der Waals surface area contributed by atoms with Gasteiger partial charge in [0.15, 0.2) is 0 Å². The van der Waals surface area contributed by atoms with E-state index in [9.17, 15) is 9.59 Å². The molecule has 1 aliphatic heterocycles. The number of methoxy groups -OCH3 is 2. The molecule has 2 aromatic carbocycles. The molecule has 2 aromatic rings. The predicted molar refractivity (Wildman–Crippen MR) is 104 cm³/mol. The summed E-state index contributed by atoms with van der Waals surface area (Å²) < 4.78 is 10.7. The van der Waals surface area contributed by atoms with Crippen LogP contribution >= 0.6 is 11.6 Å². The molecule has 0 saturated carbocycles. The third kappa shape index (κ3) is 3.57. The van der Waals surface area contributed by atoms with Gasteiger partial charge >= 0.3 is 0 Å². The van der Waals surface area contributed by atoms with E-state index >= 15 is 0 Å². The minimum atomic E-state index is -0.626. The summed E-state index contributed by atoms with van der Waals surface area (Å²) in [4.78, 5) is 29.1. The van der Waals surface area contributed by atoms with Crippen LogP contribution in [0.1, 0.15) is 17.3 Å². The Morgan fingerprint density at radius 1 is 1.11 bits per heavy atom. The molecule has 7 heteroatoms. The lowest BCUT2D eigenvalue weighted by Crippen LogP contribution is -2.57. The Morgan fingerprint density at radius 3 is 2.52 bits per heavy atom. The van der Waals surface area contributed by atoms with Crippen molar-refractivity contribution >= 4 is 29.1 Å². The first-order valence-corrected chi connectivity index (χ1v) is 8.94. The molecule has 0 bridgehead atoms. The number of halogens is 1. The van der Waals surface area contributed by atoms with Crippen LogP contribution in [0.15, 0.2) is 42.5 Å². The van der Waals surface area contributed by atoms with E-state index in [1.807, 2.05) is 0 Å². The summed E-state index contributed by atoms with van der Waals surface area (Å²) >= 11 is 6.15. The van der Waals surface area contributed by atoms with Crippen molar-refractivity contribution in [1.29, 1.82) is 0 Å². The van der Waals surface area contributed by atoms with Gasteiger partial charge in [0.25, 0.3) is 5.91 Å². The van der Waals surface area contributed by atoms with E-state index in [0.717, 1.165) is 0 Å². The van der Waals surface area contributed by atoms with Gasteiger partial charge in [0.05, 0.1) is 30.5 Å². The van der Waals surface area contributed by atoms with Crippen molar-refractivity contribution in [2.75, 3.05) is 32.2 Å². The van der Waals surface area contributed by atoms with Gasteiger partial charge in [-0.3, -0.25) is 9.59 Å². The molecule has 27 heavy (non-hydrogen) atoms. The Morgan fingerprint density at radius 2 is 1.85 bits per heavy atom. The lowest BCUT2D eigenvalue weighted by Gasteiger charge is -2.39. The van der Waals surface area contributed by atoms with Crippen molar-refractivity contribution in [3.05, 3.63) is 53.1 Å². The van der Waals surface area contributed by atoms with E-state index in [0.29, 0.717) is 40.9 Å². The molecule has 142 valence electrons. The molecule has 0 radical (unpaired) electrons. The van der Waals surface area contributed by atoms with Crippen LogP contribution in [0.5, 0.6) is 11.5 Å². The average molecular weight is 389 g/mol. The molecule has 1 aliphatic rings. The van der Waals surface area contributed by atoms with Gasteiger partial charge in [-0.25, -0.2) is 0 Å². The number of hydrogen-bond donors (Lipinski definition) is 0. The van der Waals surface area contributed by atoms with Gasteiger partial charge in [-0.15, -0.1) is 0 Å². The van der Waals surface area contributed by atoms with Crippen molar-refractivity contribution in [2.24, 2.45) is 0 Å². The normalized spacial score (nSPS) is 17.0. The number of ether oxygens (including phenoxy) is 2. The van der Waals surface area contributed by atoms with E-state index in [1.54, 1.807) is 73.4 Å². The monoisotopic (exact) mass is 388 g/mol. The van der Waals surface area contributed by atoms with Crippen molar-refractivity contribution < 1.29 is 19.1 Å². The third-order valence-electron chi connectivity index (χ3n) is 4.70. The summed E-state index contributed by atoms with van der Waals surface area (Å²) in [5, 5.41) is 0.374. The maximum absolute atomic E-state index is 13.0. The molecule has 0 N–H and O–H groups in total. The Bertz CT molecular complexity index is 871. The fraction of sp³-hybridized carbons (Fsp3) is 0.300. The second kappa shape index (κ2) is 7.88. The minimum absolute atomic E-state index is 0.187. The molecular weight excluding hydrogens is 368 g/mol. The maximum atomic E-state index is 13.0. The number of hydrogen-bond acceptors (Lipinski definition) is 4. The molecule has 1 saturated heterocycles. The summed E-state index contributed by atoms with van der Waals surface area (Å²) in [6, 6.07) is 11.5. The van der Waals surface area contributed by atoms with E-state index in [4.69, 9.17) is 21.1 Å². The van der Waals surface area contributed by atoms with Gasteiger partial charge in [0.1, 0.15) is 17.5 Å². The number of rotatable bonds is 4. The Labute approximate surface area is 163 Å². The fourth-order valence-electron chi connectivity index (χ4n) is 3.18. The van der Waals surface area contributed by atoms with E-state index in [2.05, 4.69) is 0 Å². The number of piperazine rings is 1. The van der Waals surface area contributed by atoms with Crippen LogP contribution in [0, 0.1) is 0 Å².